The van der Waals surface area contributed by atoms with Gasteiger partial charge in [0.25, 0.3) is 6.43 Å². The second-order valence-electron chi connectivity index (χ2n) is 5.03. The van der Waals surface area contributed by atoms with Crippen LogP contribution >= 0.6 is 24.0 Å². The van der Waals surface area contributed by atoms with Crippen LogP contribution < -0.4 is 16.0 Å². The van der Waals surface area contributed by atoms with E-state index >= 15 is 0 Å². The summed E-state index contributed by atoms with van der Waals surface area (Å²) in [4.78, 5) is 15.6. The van der Waals surface area contributed by atoms with E-state index in [4.69, 9.17) is 0 Å². The van der Waals surface area contributed by atoms with Gasteiger partial charge < -0.3 is 16.0 Å². The highest BCUT2D eigenvalue weighted by Crippen LogP contribution is 2.31. The van der Waals surface area contributed by atoms with Crippen molar-refractivity contribution in [2.45, 2.75) is 25.7 Å². The van der Waals surface area contributed by atoms with E-state index in [-0.39, 0.29) is 35.8 Å². The molecule has 1 aromatic carbocycles. The third-order valence-corrected chi connectivity index (χ3v) is 3.35. The molecule has 0 spiro atoms. The molecule has 1 aliphatic heterocycles. The molecule has 8 heteroatoms. The fourth-order valence-electron chi connectivity index (χ4n) is 2.41. The highest BCUT2D eigenvalue weighted by atomic mass is 127. The van der Waals surface area contributed by atoms with E-state index in [1.807, 2.05) is 31.2 Å². The predicted octanol–water partition coefficient (Wildman–Crippen LogP) is 2.55. The molecular weight excluding hydrogens is 417 g/mol. The topological polar surface area (TPSA) is 65.5 Å². The minimum Gasteiger partial charge on any atom is -0.357 e. The van der Waals surface area contributed by atoms with Crippen molar-refractivity contribution in [3.05, 3.63) is 29.8 Å². The molecule has 1 unspecified atom stereocenters. The molecule has 1 aliphatic rings. The molecule has 23 heavy (non-hydrogen) atoms. The molecule has 0 saturated carbocycles. The highest BCUT2D eigenvalue weighted by molar-refractivity contribution is 14.0. The van der Waals surface area contributed by atoms with Crippen molar-refractivity contribution < 1.29 is 13.6 Å². The number of carbonyl (C=O) groups excluding carboxylic acids is 1. The second kappa shape index (κ2) is 9.64. The number of para-hydroxylation sites is 1. The lowest BCUT2D eigenvalue weighted by molar-refractivity contribution is -0.116. The molecule has 5 nitrogen and oxygen atoms in total. The van der Waals surface area contributed by atoms with Crippen molar-refractivity contribution in [3.8, 4) is 0 Å². The van der Waals surface area contributed by atoms with Crippen molar-refractivity contribution in [2.24, 2.45) is 4.99 Å². The number of nitrogens with one attached hydrogen (secondary N) is 3. The number of amides is 1. The van der Waals surface area contributed by atoms with Crippen molar-refractivity contribution in [3.63, 3.8) is 0 Å². The maximum atomic E-state index is 12.3. The fourth-order valence-corrected chi connectivity index (χ4v) is 2.41. The van der Waals surface area contributed by atoms with Crippen LogP contribution in [-0.2, 0) is 4.79 Å². The van der Waals surface area contributed by atoms with Gasteiger partial charge in [-0.1, -0.05) is 18.2 Å². The number of rotatable bonds is 5. The van der Waals surface area contributed by atoms with E-state index in [0.29, 0.717) is 25.5 Å². The van der Waals surface area contributed by atoms with Gasteiger partial charge in [0.2, 0.25) is 5.91 Å². The molecule has 0 bridgehead atoms. The Hall–Kier alpha value is -1.45. The monoisotopic (exact) mass is 438 g/mol. The summed E-state index contributed by atoms with van der Waals surface area (Å²) >= 11 is 0. The molecule has 1 amide bonds. The number of hydrogen-bond acceptors (Lipinski definition) is 2. The predicted molar refractivity (Wildman–Crippen MR) is 97.8 cm³/mol. The summed E-state index contributed by atoms with van der Waals surface area (Å²) in [6.07, 6.45) is -2.12. The summed E-state index contributed by atoms with van der Waals surface area (Å²) in [6.45, 7) is 2.36. The Bertz CT molecular complexity index is 554. The van der Waals surface area contributed by atoms with Gasteiger partial charge in [0.1, 0.15) is 6.54 Å². The molecule has 1 heterocycles. The zero-order valence-electron chi connectivity index (χ0n) is 12.8. The first-order valence-electron chi connectivity index (χ1n) is 7.29. The number of aliphatic imine (C=N–C) groups is 1. The van der Waals surface area contributed by atoms with Crippen LogP contribution in [0.2, 0.25) is 0 Å². The number of halogens is 3. The van der Waals surface area contributed by atoms with Gasteiger partial charge in [-0.15, -0.1) is 24.0 Å². The fraction of sp³-hybridized carbons (Fsp3) is 0.467. The number of guanidine groups is 1. The number of anilines is 1. The van der Waals surface area contributed by atoms with E-state index in [2.05, 4.69) is 20.9 Å². The number of nitrogens with zero attached hydrogens (tertiary/aromatic N) is 1. The van der Waals surface area contributed by atoms with Crippen LogP contribution in [0, 0.1) is 0 Å². The van der Waals surface area contributed by atoms with Crippen molar-refractivity contribution in [2.75, 3.05) is 25.0 Å². The Labute approximate surface area is 151 Å². The Balaban J connectivity index is 0.00000264. The summed E-state index contributed by atoms with van der Waals surface area (Å²) in [5.41, 5.74) is 1.85. The van der Waals surface area contributed by atoms with E-state index in [1.54, 1.807) is 0 Å². The number of carbonyl (C=O) groups is 1. The molecule has 0 radical (unpaired) electrons. The maximum absolute atomic E-state index is 12.3. The van der Waals surface area contributed by atoms with Gasteiger partial charge in [-0.2, -0.15) is 0 Å². The quantitative estimate of drug-likeness (QED) is 0.376. The average molecular weight is 438 g/mol. The van der Waals surface area contributed by atoms with Crippen LogP contribution in [0.15, 0.2) is 29.3 Å². The molecule has 2 rings (SSSR count). The molecule has 1 atom stereocenters. The first-order valence-corrected chi connectivity index (χ1v) is 7.29. The van der Waals surface area contributed by atoms with Gasteiger partial charge in [-0.25, -0.2) is 13.8 Å². The zero-order valence-corrected chi connectivity index (χ0v) is 15.1. The molecule has 0 aliphatic carbocycles. The average Bonchev–Trinajstić information content (AvgIpc) is 2.49. The summed E-state index contributed by atoms with van der Waals surface area (Å²) in [6, 6.07) is 7.60. The first kappa shape index (κ1) is 19.6. The number of benzene rings is 1. The lowest BCUT2D eigenvalue weighted by Crippen LogP contribution is -2.41. The molecule has 128 valence electrons. The minimum atomic E-state index is -2.48. The lowest BCUT2D eigenvalue weighted by Gasteiger charge is -2.26. The van der Waals surface area contributed by atoms with E-state index in [9.17, 15) is 13.6 Å². The number of fused-ring (bicyclic) bond motifs is 1. The standard InChI is InChI=1S/C15H20F2N4O.HI/c1-2-18-15(20-9-13(16)17)19-8-10-7-14(22)21-12-6-4-3-5-11(10)12;/h3-6,10,13H,2,7-9H2,1H3,(H,21,22)(H2,18,19,20);1H. The first-order chi connectivity index (χ1) is 10.6. The van der Waals surface area contributed by atoms with Crippen LogP contribution in [0.3, 0.4) is 0 Å². The van der Waals surface area contributed by atoms with Crippen molar-refractivity contribution in [1.29, 1.82) is 0 Å². The van der Waals surface area contributed by atoms with Gasteiger partial charge >= 0.3 is 0 Å². The Morgan fingerprint density at radius 2 is 2.13 bits per heavy atom. The van der Waals surface area contributed by atoms with Gasteiger partial charge in [0.05, 0.1) is 0 Å². The van der Waals surface area contributed by atoms with Gasteiger partial charge in [-0.3, -0.25) is 4.79 Å². The molecule has 3 N–H and O–H groups in total. The van der Waals surface area contributed by atoms with Gasteiger partial charge in [0, 0.05) is 31.1 Å². The van der Waals surface area contributed by atoms with E-state index in [0.717, 1.165) is 11.3 Å². The Morgan fingerprint density at radius 1 is 1.39 bits per heavy atom. The summed E-state index contributed by atoms with van der Waals surface area (Å²) in [5, 5.41) is 8.78. The smallest absolute Gasteiger partial charge is 0.257 e. The zero-order chi connectivity index (χ0) is 15.9. The van der Waals surface area contributed by atoms with Crippen LogP contribution in [0.25, 0.3) is 0 Å². The van der Waals surface area contributed by atoms with Crippen LogP contribution in [0.4, 0.5) is 14.5 Å². The highest BCUT2D eigenvalue weighted by Gasteiger charge is 2.24. The molecule has 0 saturated heterocycles. The third kappa shape index (κ3) is 5.92. The van der Waals surface area contributed by atoms with Gasteiger partial charge in [-0.05, 0) is 18.6 Å². The largest absolute Gasteiger partial charge is 0.357 e. The summed E-state index contributed by atoms with van der Waals surface area (Å²) in [5.74, 6) is 0.284. The third-order valence-electron chi connectivity index (χ3n) is 3.35. The summed E-state index contributed by atoms with van der Waals surface area (Å²) in [7, 11) is 0. The van der Waals surface area contributed by atoms with Gasteiger partial charge in [0.15, 0.2) is 5.96 Å². The minimum absolute atomic E-state index is 0. The second-order valence-corrected chi connectivity index (χ2v) is 5.03. The van der Waals surface area contributed by atoms with E-state index in [1.165, 1.54) is 0 Å². The normalized spacial score (nSPS) is 17.1. The van der Waals surface area contributed by atoms with Crippen molar-refractivity contribution in [1.82, 2.24) is 10.6 Å². The van der Waals surface area contributed by atoms with Crippen molar-refractivity contribution >= 4 is 41.5 Å². The molecular formula is C15H21F2IN4O. The Kier molecular flexibility index (Phi) is 8.21. The summed E-state index contributed by atoms with van der Waals surface area (Å²) < 4.78 is 24.5. The van der Waals surface area contributed by atoms with E-state index < -0.39 is 13.0 Å². The van der Waals surface area contributed by atoms with Crippen LogP contribution in [-0.4, -0.2) is 37.9 Å². The Morgan fingerprint density at radius 3 is 2.83 bits per heavy atom. The number of hydrogen-bond donors (Lipinski definition) is 3. The molecule has 0 aromatic heterocycles. The van der Waals surface area contributed by atoms with Crippen LogP contribution in [0.5, 0.6) is 0 Å². The maximum Gasteiger partial charge on any atom is 0.257 e. The molecule has 0 fully saturated rings. The molecule has 1 aromatic rings. The SMILES string of the molecule is CCNC(=NCC(F)F)NCC1CC(=O)Nc2ccccc21.I. The lowest BCUT2D eigenvalue weighted by atomic mass is 9.90. The van der Waals surface area contributed by atoms with Crippen LogP contribution in [0.1, 0.15) is 24.8 Å². The number of alkyl halides is 2.